The van der Waals surface area contributed by atoms with E-state index < -0.39 is 12.0 Å². The number of aliphatic carboxylic acids is 1. The smallest absolute Gasteiger partial charge is 0.317 e. The number of urea groups is 2. The summed E-state index contributed by atoms with van der Waals surface area (Å²) in [6.45, 7) is 0.627. The van der Waals surface area contributed by atoms with Crippen molar-refractivity contribution in [3.8, 4) is 0 Å². The van der Waals surface area contributed by atoms with Gasteiger partial charge in [-0.05, 0) is 31.6 Å². The molecule has 2 aliphatic rings. The van der Waals surface area contributed by atoms with Crippen molar-refractivity contribution in [2.45, 2.75) is 44.2 Å². The molecule has 0 radical (unpaired) electrons. The van der Waals surface area contributed by atoms with E-state index in [4.69, 9.17) is 10.8 Å². The van der Waals surface area contributed by atoms with E-state index in [1.807, 2.05) is 4.90 Å². The zero-order chi connectivity index (χ0) is 15.4. The van der Waals surface area contributed by atoms with E-state index in [2.05, 4.69) is 10.6 Å². The summed E-state index contributed by atoms with van der Waals surface area (Å²) in [5, 5.41) is 14.1. The van der Waals surface area contributed by atoms with Crippen LogP contribution in [-0.2, 0) is 4.79 Å². The molecule has 2 bridgehead atoms. The quantitative estimate of drug-likeness (QED) is 0.536. The van der Waals surface area contributed by atoms with Gasteiger partial charge >= 0.3 is 18.0 Å². The van der Waals surface area contributed by atoms with Gasteiger partial charge in [0.2, 0.25) is 0 Å². The predicted octanol–water partition coefficient (Wildman–Crippen LogP) is 0.0820. The molecular weight excluding hydrogens is 276 g/mol. The Balaban J connectivity index is 1.81. The number of carboxylic acids is 1. The number of primary amides is 1. The summed E-state index contributed by atoms with van der Waals surface area (Å²) < 4.78 is 0. The summed E-state index contributed by atoms with van der Waals surface area (Å²) >= 11 is 0. The molecular formula is C13H22N4O4. The molecule has 2 saturated heterocycles. The fourth-order valence-corrected chi connectivity index (χ4v) is 3.48. The van der Waals surface area contributed by atoms with Gasteiger partial charge < -0.3 is 26.4 Å². The molecule has 21 heavy (non-hydrogen) atoms. The number of nitrogens with one attached hydrogen (secondary N) is 2. The zero-order valence-corrected chi connectivity index (χ0v) is 11.9. The third-order valence-corrected chi connectivity index (χ3v) is 4.23. The first-order chi connectivity index (χ1) is 9.97. The number of nitrogens with zero attached hydrogens (tertiary/aromatic N) is 1. The Morgan fingerprint density at radius 1 is 1.10 bits per heavy atom. The first kappa shape index (κ1) is 15.4. The molecule has 0 aliphatic carbocycles. The van der Waals surface area contributed by atoms with Crippen molar-refractivity contribution in [3.63, 3.8) is 0 Å². The zero-order valence-electron chi connectivity index (χ0n) is 11.9. The van der Waals surface area contributed by atoms with Crippen LogP contribution in [0.4, 0.5) is 9.59 Å². The Morgan fingerprint density at radius 3 is 2.19 bits per heavy atom. The molecule has 0 spiro atoms. The van der Waals surface area contributed by atoms with Crippen LogP contribution in [0.2, 0.25) is 0 Å². The lowest BCUT2D eigenvalue weighted by molar-refractivity contribution is -0.138. The fourth-order valence-electron chi connectivity index (χ4n) is 3.48. The number of nitrogens with two attached hydrogens (primary N) is 1. The highest BCUT2D eigenvalue weighted by Gasteiger charge is 2.43. The molecule has 8 heteroatoms. The van der Waals surface area contributed by atoms with E-state index in [0.29, 0.717) is 13.1 Å². The third-order valence-electron chi connectivity index (χ3n) is 4.23. The minimum atomic E-state index is -0.769. The van der Waals surface area contributed by atoms with Gasteiger partial charge in [-0.2, -0.15) is 0 Å². The summed E-state index contributed by atoms with van der Waals surface area (Å²) in [4.78, 5) is 35.4. The van der Waals surface area contributed by atoms with E-state index >= 15 is 0 Å². The minimum absolute atomic E-state index is 0.136. The summed E-state index contributed by atoms with van der Waals surface area (Å²) in [5.41, 5.74) is 4.94. The molecule has 5 N–H and O–H groups in total. The van der Waals surface area contributed by atoms with Crippen molar-refractivity contribution in [1.82, 2.24) is 15.5 Å². The highest BCUT2D eigenvalue weighted by molar-refractivity contribution is 5.76. The van der Waals surface area contributed by atoms with Crippen LogP contribution in [0, 0.1) is 5.92 Å². The van der Waals surface area contributed by atoms with Crippen molar-refractivity contribution in [1.29, 1.82) is 0 Å². The first-order valence-corrected chi connectivity index (χ1v) is 7.28. The molecule has 2 atom stereocenters. The van der Waals surface area contributed by atoms with E-state index in [-0.39, 0.29) is 30.5 Å². The summed E-state index contributed by atoms with van der Waals surface area (Å²) in [6, 6.07) is -0.476. The summed E-state index contributed by atoms with van der Waals surface area (Å²) in [6.07, 6.45) is 3.58. The van der Waals surface area contributed by atoms with Gasteiger partial charge in [-0.3, -0.25) is 4.79 Å². The van der Waals surface area contributed by atoms with Gasteiger partial charge in [0.15, 0.2) is 0 Å². The number of amides is 4. The van der Waals surface area contributed by atoms with Crippen LogP contribution in [0.25, 0.3) is 0 Å². The second kappa shape index (κ2) is 6.64. The van der Waals surface area contributed by atoms with Crippen molar-refractivity contribution >= 4 is 18.0 Å². The Kier molecular flexibility index (Phi) is 4.87. The molecule has 0 saturated carbocycles. The lowest BCUT2D eigenvalue weighted by atomic mass is 9.88. The molecule has 0 aromatic carbocycles. The molecule has 8 nitrogen and oxygen atoms in total. The maximum atomic E-state index is 12.2. The Bertz CT molecular complexity index is 414. The lowest BCUT2D eigenvalue weighted by Gasteiger charge is -2.38. The molecule has 2 heterocycles. The van der Waals surface area contributed by atoms with Crippen LogP contribution in [0.5, 0.6) is 0 Å². The van der Waals surface area contributed by atoms with Gasteiger partial charge in [0, 0.05) is 31.6 Å². The van der Waals surface area contributed by atoms with Gasteiger partial charge in [0.25, 0.3) is 0 Å². The Hall–Kier alpha value is -1.99. The largest absolute Gasteiger partial charge is 0.481 e. The van der Waals surface area contributed by atoms with E-state index in [1.54, 1.807) is 0 Å². The number of fused-ring (bicyclic) bond motifs is 2. The highest BCUT2D eigenvalue weighted by Crippen LogP contribution is 2.39. The van der Waals surface area contributed by atoms with Gasteiger partial charge in [0.1, 0.15) is 0 Å². The van der Waals surface area contributed by atoms with Crippen molar-refractivity contribution < 1.29 is 19.5 Å². The van der Waals surface area contributed by atoms with Crippen molar-refractivity contribution in [2.75, 3.05) is 13.1 Å². The van der Waals surface area contributed by atoms with Gasteiger partial charge in [-0.1, -0.05) is 0 Å². The molecule has 0 aromatic rings. The number of rotatable bonds is 5. The highest BCUT2D eigenvalue weighted by atomic mass is 16.4. The molecule has 118 valence electrons. The number of hydrogen-bond donors (Lipinski definition) is 4. The number of carbonyl (C=O) groups is 3. The molecule has 2 aliphatic heterocycles. The average molecular weight is 298 g/mol. The second-order valence-corrected chi connectivity index (χ2v) is 5.75. The molecule has 4 amide bonds. The van der Waals surface area contributed by atoms with Crippen LogP contribution in [0.15, 0.2) is 0 Å². The Morgan fingerprint density at radius 2 is 1.67 bits per heavy atom. The maximum absolute atomic E-state index is 12.2. The average Bonchev–Trinajstić information content (AvgIpc) is 2.65. The standard InChI is InChI=1S/C13H22N4O4/c14-12(20)15-3-4-16-13(21)17-9-1-2-10(17)6-8(5-9)7-11(18)19/h8-10H,1-7H2,(H,16,21)(H,18,19)(H3,14,15,20). The Labute approximate surface area is 123 Å². The number of carboxylic acid groups (broad SMARTS) is 1. The number of piperidine rings is 1. The van der Waals surface area contributed by atoms with Gasteiger partial charge in [-0.15, -0.1) is 0 Å². The fraction of sp³-hybridized carbons (Fsp3) is 0.769. The molecule has 2 fully saturated rings. The number of hydrogen-bond acceptors (Lipinski definition) is 3. The summed E-state index contributed by atoms with van der Waals surface area (Å²) in [7, 11) is 0. The van der Waals surface area contributed by atoms with Crippen LogP contribution >= 0.6 is 0 Å². The van der Waals surface area contributed by atoms with Crippen LogP contribution < -0.4 is 16.4 Å². The third kappa shape index (κ3) is 3.99. The molecule has 2 unspecified atom stereocenters. The SMILES string of the molecule is NC(=O)NCCNC(=O)N1C2CCC1CC(CC(=O)O)C2. The van der Waals surface area contributed by atoms with Crippen molar-refractivity contribution in [3.05, 3.63) is 0 Å². The van der Waals surface area contributed by atoms with E-state index in [1.165, 1.54) is 0 Å². The van der Waals surface area contributed by atoms with Crippen molar-refractivity contribution in [2.24, 2.45) is 11.7 Å². The van der Waals surface area contributed by atoms with E-state index in [9.17, 15) is 14.4 Å². The second-order valence-electron chi connectivity index (χ2n) is 5.75. The van der Waals surface area contributed by atoms with Crippen LogP contribution in [0.3, 0.4) is 0 Å². The first-order valence-electron chi connectivity index (χ1n) is 7.28. The topological polar surface area (TPSA) is 125 Å². The minimum Gasteiger partial charge on any atom is -0.481 e. The molecule has 2 rings (SSSR count). The predicted molar refractivity (Wildman–Crippen MR) is 74.6 cm³/mol. The number of carbonyl (C=O) groups excluding carboxylic acids is 2. The molecule has 0 aromatic heterocycles. The lowest BCUT2D eigenvalue weighted by Crippen LogP contribution is -2.52. The summed E-state index contributed by atoms with van der Waals surface area (Å²) in [5.74, 6) is -0.601. The monoisotopic (exact) mass is 298 g/mol. The van der Waals surface area contributed by atoms with E-state index in [0.717, 1.165) is 25.7 Å². The van der Waals surface area contributed by atoms with Crippen LogP contribution in [-0.4, -0.2) is 53.2 Å². The maximum Gasteiger partial charge on any atom is 0.317 e. The normalized spacial score (nSPS) is 27.2. The van der Waals surface area contributed by atoms with Crippen LogP contribution in [0.1, 0.15) is 32.1 Å². The van der Waals surface area contributed by atoms with Gasteiger partial charge in [0.05, 0.1) is 0 Å². The van der Waals surface area contributed by atoms with Gasteiger partial charge in [-0.25, -0.2) is 9.59 Å².